The summed E-state index contributed by atoms with van der Waals surface area (Å²) in [5, 5.41) is 9.67. The number of hydrogen-bond donors (Lipinski definition) is 3. The second-order valence-electron chi connectivity index (χ2n) is 8.04. The van der Waals surface area contributed by atoms with Crippen LogP contribution in [0.2, 0.25) is 0 Å². The maximum absolute atomic E-state index is 11.5. The van der Waals surface area contributed by atoms with Crippen molar-refractivity contribution in [1.29, 1.82) is 0 Å². The summed E-state index contributed by atoms with van der Waals surface area (Å²) in [6, 6.07) is 16.9. The maximum atomic E-state index is 11.5. The quantitative estimate of drug-likeness (QED) is 0.414. The number of methoxy groups -OCH3 is 1. The van der Waals surface area contributed by atoms with Gasteiger partial charge in [-0.25, -0.2) is 4.99 Å². The largest absolute Gasteiger partial charge is 0.495 e. The first-order valence-electron chi connectivity index (χ1n) is 11.3. The number of guanidine groups is 1. The van der Waals surface area contributed by atoms with E-state index in [1.165, 1.54) is 25.3 Å². The van der Waals surface area contributed by atoms with Crippen molar-refractivity contribution in [3.05, 3.63) is 59.7 Å². The molecule has 1 amide bonds. The Morgan fingerprint density at radius 2 is 1.97 bits per heavy atom. The normalized spacial score (nSPS) is 16.6. The van der Waals surface area contributed by atoms with E-state index in [-0.39, 0.29) is 5.91 Å². The Bertz CT molecular complexity index is 900. The van der Waals surface area contributed by atoms with E-state index < -0.39 is 0 Å². The van der Waals surface area contributed by atoms with E-state index in [0.717, 1.165) is 37.7 Å². The summed E-state index contributed by atoms with van der Waals surface area (Å²) >= 11 is 0. The van der Waals surface area contributed by atoms with Crippen LogP contribution in [0.4, 0.5) is 5.69 Å². The predicted octanol–water partition coefficient (Wildman–Crippen LogP) is 3.37. The fourth-order valence-electron chi connectivity index (χ4n) is 4.02. The van der Waals surface area contributed by atoms with Crippen LogP contribution < -0.4 is 20.7 Å². The number of nitrogens with one attached hydrogen (secondary N) is 3. The number of carbonyl (C=O) groups excluding carboxylic acids is 1. The highest BCUT2D eigenvalue weighted by atomic mass is 16.5. The standard InChI is InChI=1S/C25H35N5O2/c1-4-26-25(27-16-21-12-13-24(32-3)23(15-21)29-19(2)31)28-17-22-11-8-14-30(22)18-20-9-6-5-7-10-20/h5-7,9-10,12-13,15,22H,4,8,11,14,16-18H2,1-3H3,(H,29,31)(H2,26,27,28). The number of rotatable bonds is 9. The van der Waals surface area contributed by atoms with Crippen LogP contribution in [0.3, 0.4) is 0 Å². The van der Waals surface area contributed by atoms with Gasteiger partial charge >= 0.3 is 0 Å². The molecule has 3 N–H and O–H groups in total. The average Bonchev–Trinajstić information content (AvgIpc) is 3.23. The molecule has 1 unspecified atom stereocenters. The van der Waals surface area contributed by atoms with Gasteiger partial charge in [-0.15, -0.1) is 0 Å². The molecule has 1 aliphatic heterocycles. The fraction of sp³-hybridized carbons (Fsp3) is 0.440. The van der Waals surface area contributed by atoms with E-state index >= 15 is 0 Å². The highest BCUT2D eigenvalue weighted by molar-refractivity contribution is 5.90. The minimum absolute atomic E-state index is 0.129. The Labute approximate surface area is 191 Å². The van der Waals surface area contributed by atoms with Gasteiger partial charge in [-0.3, -0.25) is 9.69 Å². The Morgan fingerprint density at radius 1 is 1.16 bits per heavy atom. The molecule has 1 saturated heterocycles. The average molecular weight is 438 g/mol. The molecule has 172 valence electrons. The van der Waals surface area contributed by atoms with Crippen LogP contribution in [0.15, 0.2) is 53.5 Å². The zero-order valence-electron chi connectivity index (χ0n) is 19.4. The van der Waals surface area contributed by atoms with Crippen LogP contribution in [-0.4, -0.2) is 49.6 Å². The van der Waals surface area contributed by atoms with E-state index in [9.17, 15) is 4.79 Å². The van der Waals surface area contributed by atoms with Gasteiger partial charge < -0.3 is 20.7 Å². The first-order valence-corrected chi connectivity index (χ1v) is 11.3. The molecule has 3 rings (SSSR count). The number of carbonyl (C=O) groups is 1. The molecule has 2 aromatic carbocycles. The van der Waals surface area contributed by atoms with Crippen LogP contribution in [-0.2, 0) is 17.9 Å². The third-order valence-electron chi connectivity index (χ3n) is 5.57. The van der Waals surface area contributed by atoms with Crippen LogP contribution in [0.1, 0.15) is 37.8 Å². The summed E-state index contributed by atoms with van der Waals surface area (Å²) in [6.07, 6.45) is 2.42. The molecule has 0 bridgehead atoms. The van der Waals surface area contributed by atoms with Gasteiger partial charge in [-0.05, 0) is 49.6 Å². The number of nitrogens with zero attached hydrogens (tertiary/aromatic N) is 2. The SMILES string of the molecule is CCNC(=NCc1ccc(OC)c(NC(C)=O)c1)NCC1CCCN1Cc1ccccc1. The molecule has 2 aromatic rings. The molecule has 1 heterocycles. The number of ether oxygens (including phenoxy) is 1. The van der Waals surface area contributed by atoms with Crippen molar-refractivity contribution in [2.24, 2.45) is 4.99 Å². The second kappa shape index (κ2) is 12.1. The zero-order valence-corrected chi connectivity index (χ0v) is 19.4. The van der Waals surface area contributed by atoms with E-state index in [0.29, 0.717) is 24.0 Å². The smallest absolute Gasteiger partial charge is 0.221 e. The van der Waals surface area contributed by atoms with Crippen LogP contribution in [0.25, 0.3) is 0 Å². The van der Waals surface area contributed by atoms with Crippen molar-refractivity contribution in [2.45, 2.75) is 45.8 Å². The minimum Gasteiger partial charge on any atom is -0.495 e. The molecular weight excluding hydrogens is 402 g/mol. The minimum atomic E-state index is -0.129. The summed E-state index contributed by atoms with van der Waals surface area (Å²) in [5.41, 5.74) is 3.01. The Hall–Kier alpha value is -3.06. The van der Waals surface area contributed by atoms with Crippen molar-refractivity contribution in [1.82, 2.24) is 15.5 Å². The predicted molar refractivity (Wildman–Crippen MR) is 130 cm³/mol. The zero-order chi connectivity index (χ0) is 22.8. The number of anilines is 1. The molecule has 1 fully saturated rings. The lowest BCUT2D eigenvalue weighted by molar-refractivity contribution is -0.114. The third kappa shape index (κ3) is 6.99. The van der Waals surface area contributed by atoms with Crippen molar-refractivity contribution in [3.8, 4) is 5.75 Å². The van der Waals surface area contributed by atoms with E-state index in [1.54, 1.807) is 7.11 Å². The van der Waals surface area contributed by atoms with Gasteiger partial charge in [0.25, 0.3) is 0 Å². The lowest BCUT2D eigenvalue weighted by Gasteiger charge is -2.25. The Balaban J connectivity index is 1.60. The lowest BCUT2D eigenvalue weighted by atomic mass is 10.2. The molecule has 0 radical (unpaired) electrons. The molecule has 7 heteroatoms. The van der Waals surface area contributed by atoms with Crippen LogP contribution in [0, 0.1) is 0 Å². The Morgan fingerprint density at radius 3 is 2.69 bits per heavy atom. The van der Waals surface area contributed by atoms with E-state index in [1.807, 2.05) is 18.2 Å². The Kier molecular flexibility index (Phi) is 8.92. The molecule has 1 aliphatic rings. The summed E-state index contributed by atoms with van der Waals surface area (Å²) in [6.45, 7) is 7.83. The maximum Gasteiger partial charge on any atom is 0.221 e. The van der Waals surface area contributed by atoms with Crippen molar-refractivity contribution < 1.29 is 9.53 Å². The second-order valence-corrected chi connectivity index (χ2v) is 8.04. The van der Waals surface area contributed by atoms with E-state index in [2.05, 4.69) is 58.1 Å². The van der Waals surface area contributed by atoms with Crippen molar-refractivity contribution in [3.63, 3.8) is 0 Å². The van der Waals surface area contributed by atoms with Gasteiger partial charge in [-0.2, -0.15) is 0 Å². The number of hydrogen-bond acceptors (Lipinski definition) is 4. The first kappa shape index (κ1) is 23.6. The lowest BCUT2D eigenvalue weighted by Crippen LogP contribution is -2.44. The van der Waals surface area contributed by atoms with E-state index in [4.69, 9.17) is 9.73 Å². The summed E-state index contributed by atoms with van der Waals surface area (Å²) in [5.74, 6) is 1.31. The molecule has 0 aromatic heterocycles. The fourth-order valence-corrected chi connectivity index (χ4v) is 4.02. The van der Waals surface area contributed by atoms with Crippen LogP contribution >= 0.6 is 0 Å². The summed E-state index contributed by atoms with van der Waals surface area (Å²) < 4.78 is 5.33. The number of likely N-dealkylation sites (tertiary alicyclic amines) is 1. The molecule has 1 atom stereocenters. The molecule has 0 spiro atoms. The van der Waals surface area contributed by atoms with Gasteiger partial charge in [0.15, 0.2) is 5.96 Å². The summed E-state index contributed by atoms with van der Waals surface area (Å²) in [7, 11) is 1.59. The topological polar surface area (TPSA) is 78.0 Å². The summed E-state index contributed by atoms with van der Waals surface area (Å²) in [4.78, 5) is 18.8. The highest BCUT2D eigenvalue weighted by Crippen LogP contribution is 2.26. The molecule has 32 heavy (non-hydrogen) atoms. The number of benzene rings is 2. The molecule has 0 aliphatic carbocycles. The first-order chi connectivity index (χ1) is 15.6. The molecular formula is C25H35N5O2. The number of amides is 1. The molecule has 0 saturated carbocycles. The van der Waals surface area contributed by atoms with Crippen molar-refractivity contribution in [2.75, 3.05) is 32.1 Å². The highest BCUT2D eigenvalue weighted by Gasteiger charge is 2.24. The third-order valence-corrected chi connectivity index (χ3v) is 5.57. The van der Waals surface area contributed by atoms with Gasteiger partial charge in [0.1, 0.15) is 5.75 Å². The monoisotopic (exact) mass is 437 g/mol. The van der Waals surface area contributed by atoms with Crippen LogP contribution in [0.5, 0.6) is 5.75 Å². The van der Waals surface area contributed by atoms with Gasteiger partial charge in [0, 0.05) is 32.6 Å². The van der Waals surface area contributed by atoms with Gasteiger partial charge in [0.2, 0.25) is 5.91 Å². The van der Waals surface area contributed by atoms with Gasteiger partial charge in [-0.1, -0.05) is 36.4 Å². The van der Waals surface area contributed by atoms with Crippen molar-refractivity contribution >= 4 is 17.6 Å². The van der Waals surface area contributed by atoms with Gasteiger partial charge in [0.05, 0.1) is 19.3 Å². The number of aliphatic imine (C=N–C) groups is 1. The molecule has 7 nitrogen and oxygen atoms in total.